The van der Waals surface area contributed by atoms with E-state index in [2.05, 4.69) is 76.2 Å². The van der Waals surface area contributed by atoms with Crippen molar-refractivity contribution < 1.29 is 0 Å². The van der Waals surface area contributed by atoms with Gasteiger partial charge in [0, 0.05) is 0 Å². The molecule has 0 aliphatic carbocycles. The van der Waals surface area contributed by atoms with Crippen molar-refractivity contribution in [2.24, 2.45) is 11.8 Å². The van der Waals surface area contributed by atoms with Gasteiger partial charge in [0.05, 0.1) is 0 Å². The first-order valence-electron chi connectivity index (χ1n) is 12.1. The second kappa shape index (κ2) is 14.3. The van der Waals surface area contributed by atoms with Gasteiger partial charge in [-0.1, -0.05) is 0 Å². The van der Waals surface area contributed by atoms with Gasteiger partial charge in [-0.15, -0.1) is 0 Å². The fourth-order valence-electron chi connectivity index (χ4n) is 4.17. The second-order valence-electron chi connectivity index (χ2n) is 8.76. The van der Waals surface area contributed by atoms with E-state index in [1.54, 1.807) is 7.16 Å². The Labute approximate surface area is 191 Å². The SMILES string of the molecule is CCCCC(CC)Cc1cc[c]([Sn][c]2ccc(CC(CC)CCCC)cc2)cc1. The van der Waals surface area contributed by atoms with E-state index in [0.717, 1.165) is 11.8 Å². The molecule has 0 fully saturated rings. The molecule has 0 nitrogen and oxygen atoms in total. The summed E-state index contributed by atoms with van der Waals surface area (Å²) in [4.78, 5) is 0. The summed E-state index contributed by atoms with van der Waals surface area (Å²) in [7, 11) is 0. The predicted octanol–water partition coefficient (Wildman–Crippen LogP) is 6.86. The molecule has 158 valence electrons. The summed E-state index contributed by atoms with van der Waals surface area (Å²) >= 11 is -0.671. The molecule has 0 aliphatic heterocycles. The van der Waals surface area contributed by atoms with E-state index in [0.29, 0.717) is 0 Å². The molecule has 0 amide bonds. The number of rotatable bonds is 14. The van der Waals surface area contributed by atoms with Gasteiger partial charge in [0.1, 0.15) is 0 Å². The van der Waals surface area contributed by atoms with Crippen LogP contribution in [-0.4, -0.2) is 21.1 Å². The van der Waals surface area contributed by atoms with Crippen LogP contribution in [0, 0.1) is 11.8 Å². The zero-order valence-electron chi connectivity index (χ0n) is 19.3. The number of hydrogen-bond donors (Lipinski definition) is 0. The molecule has 2 aromatic rings. The molecule has 0 aromatic heterocycles. The standard InChI is InChI=1S/2C14H21.Sn/c2*1-3-5-9-13(4-2)12-14-10-7-6-8-11-14;/h2*7-8,10-11,13H,3-5,9,12H2,1-2H3;. The average molecular weight is 497 g/mol. The molecule has 0 N–H and O–H groups in total. The molecule has 0 spiro atoms. The minimum atomic E-state index is -0.671. The molecule has 2 radical (unpaired) electrons. The zero-order chi connectivity index (χ0) is 20.9. The van der Waals surface area contributed by atoms with Gasteiger partial charge in [0.2, 0.25) is 0 Å². The molecule has 0 saturated carbocycles. The maximum absolute atomic E-state index is 2.42. The molecule has 0 aliphatic rings. The van der Waals surface area contributed by atoms with Crippen LogP contribution in [-0.2, 0) is 12.8 Å². The molecule has 0 saturated heterocycles. The van der Waals surface area contributed by atoms with Crippen LogP contribution >= 0.6 is 0 Å². The first-order chi connectivity index (χ1) is 14.2. The summed E-state index contributed by atoms with van der Waals surface area (Å²) in [5, 5.41) is 0. The van der Waals surface area contributed by atoms with E-state index in [9.17, 15) is 0 Å². The fraction of sp³-hybridized carbons (Fsp3) is 0.571. The molecule has 2 unspecified atom stereocenters. The van der Waals surface area contributed by atoms with E-state index < -0.39 is 21.1 Å². The Bertz CT molecular complexity index is 596. The third kappa shape index (κ3) is 9.28. The molecular weight excluding hydrogens is 455 g/mol. The number of benzene rings is 2. The summed E-state index contributed by atoms with van der Waals surface area (Å²) in [5.74, 6) is 1.72. The van der Waals surface area contributed by atoms with E-state index in [-0.39, 0.29) is 0 Å². The molecule has 0 heterocycles. The van der Waals surface area contributed by atoms with E-state index >= 15 is 0 Å². The van der Waals surface area contributed by atoms with E-state index in [4.69, 9.17) is 0 Å². The fourth-order valence-corrected chi connectivity index (χ4v) is 7.02. The molecule has 2 aromatic carbocycles. The van der Waals surface area contributed by atoms with Crippen LogP contribution in [0.1, 0.15) is 90.2 Å². The molecular formula is C28H42Sn. The number of hydrogen-bond acceptors (Lipinski definition) is 0. The molecule has 1 heteroatoms. The average Bonchev–Trinajstić information content (AvgIpc) is 2.76. The third-order valence-corrected chi connectivity index (χ3v) is 9.88. The van der Waals surface area contributed by atoms with Gasteiger partial charge in [-0.25, -0.2) is 0 Å². The molecule has 2 atom stereocenters. The number of unbranched alkanes of at least 4 members (excludes halogenated alkanes) is 2. The Morgan fingerprint density at radius 3 is 1.28 bits per heavy atom. The van der Waals surface area contributed by atoms with Gasteiger partial charge in [0.15, 0.2) is 0 Å². The Kier molecular flexibility index (Phi) is 12.1. The molecule has 0 bridgehead atoms. The quantitative estimate of drug-likeness (QED) is 0.250. The van der Waals surface area contributed by atoms with Crippen LogP contribution in [0.5, 0.6) is 0 Å². The Morgan fingerprint density at radius 2 is 0.966 bits per heavy atom. The van der Waals surface area contributed by atoms with Gasteiger partial charge in [-0.05, 0) is 0 Å². The van der Waals surface area contributed by atoms with Crippen LogP contribution in [0.15, 0.2) is 48.5 Å². The van der Waals surface area contributed by atoms with Gasteiger partial charge in [-0.3, -0.25) is 0 Å². The Hall–Kier alpha value is -0.761. The van der Waals surface area contributed by atoms with Crippen molar-refractivity contribution in [2.75, 3.05) is 0 Å². The maximum atomic E-state index is 2.42. The Morgan fingerprint density at radius 1 is 0.586 bits per heavy atom. The van der Waals surface area contributed by atoms with Gasteiger partial charge >= 0.3 is 192 Å². The van der Waals surface area contributed by atoms with Crippen molar-refractivity contribution in [3.63, 3.8) is 0 Å². The molecule has 2 rings (SSSR count). The van der Waals surface area contributed by atoms with Crippen molar-refractivity contribution in [2.45, 2.75) is 91.9 Å². The normalized spacial score (nSPS) is 13.4. The summed E-state index contributed by atoms with van der Waals surface area (Å²) in [6.07, 6.45) is 13.3. The van der Waals surface area contributed by atoms with Crippen molar-refractivity contribution in [1.29, 1.82) is 0 Å². The van der Waals surface area contributed by atoms with Crippen molar-refractivity contribution in [1.82, 2.24) is 0 Å². The summed E-state index contributed by atoms with van der Waals surface area (Å²) < 4.78 is 3.20. The van der Waals surface area contributed by atoms with E-state index in [1.807, 2.05) is 0 Å². The van der Waals surface area contributed by atoms with Gasteiger partial charge < -0.3 is 0 Å². The Balaban J connectivity index is 1.88. The first-order valence-corrected chi connectivity index (χ1v) is 15.0. The second-order valence-corrected chi connectivity index (χ2v) is 12.8. The van der Waals surface area contributed by atoms with Crippen LogP contribution in [0.3, 0.4) is 0 Å². The minimum absolute atomic E-state index is 0.671. The van der Waals surface area contributed by atoms with Crippen molar-refractivity contribution in [3.8, 4) is 0 Å². The summed E-state index contributed by atoms with van der Waals surface area (Å²) in [6.45, 7) is 9.29. The molecule has 29 heavy (non-hydrogen) atoms. The third-order valence-electron chi connectivity index (χ3n) is 6.33. The van der Waals surface area contributed by atoms with Crippen molar-refractivity contribution >= 4 is 28.3 Å². The zero-order valence-corrected chi connectivity index (χ0v) is 22.2. The first kappa shape index (κ1) is 24.5. The van der Waals surface area contributed by atoms with Gasteiger partial charge in [0.25, 0.3) is 0 Å². The van der Waals surface area contributed by atoms with Crippen LogP contribution < -0.4 is 7.16 Å². The predicted molar refractivity (Wildman–Crippen MR) is 132 cm³/mol. The van der Waals surface area contributed by atoms with Gasteiger partial charge in [-0.2, -0.15) is 0 Å². The monoisotopic (exact) mass is 498 g/mol. The summed E-state index contributed by atoms with van der Waals surface area (Å²) in [5.41, 5.74) is 3.06. The topological polar surface area (TPSA) is 0 Å². The van der Waals surface area contributed by atoms with Crippen molar-refractivity contribution in [3.05, 3.63) is 59.7 Å². The summed E-state index contributed by atoms with van der Waals surface area (Å²) in [6, 6.07) is 19.3. The van der Waals surface area contributed by atoms with Crippen LogP contribution in [0.4, 0.5) is 0 Å². The van der Waals surface area contributed by atoms with Crippen LogP contribution in [0.2, 0.25) is 0 Å². The van der Waals surface area contributed by atoms with Crippen LogP contribution in [0.25, 0.3) is 0 Å². The van der Waals surface area contributed by atoms with E-state index in [1.165, 1.54) is 75.3 Å².